The Balaban J connectivity index is 1.19. The molecule has 1 N–H and O–H groups in total. The largest absolute Gasteiger partial charge is 0.454 e. The number of nitrogens with zero attached hydrogens (tertiary/aromatic N) is 1. The number of benzene rings is 3. The highest BCUT2D eigenvalue weighted by Gasteiger charge is 2.26. The number of amides is 1. The van der Waals surface area contributed by atoms with Crippen LogP contribution in [-0.2, 0) is 25.9 Å². The van der Waals surface area contributed by atoms with Gasteiger partial charge in [0.2, 0.25) is 6.79 Å². The van der Waals surface area contributed by atoms with Crippen LogP contribution in [0.15, 0.2) is 71.1 Å². The third kappa shape index (κ3) is 5.63. The fraction of sp³-hybridized carbons (Fsp3) is 0.323. The summed E-state index contributed by atoms with van der Waals surface area (Å²) in [5.41, 5.74) is 4.46. The molecule has 0 spiro atoms. The molecular weight excluding hydrogens is 528 g/mol. The van der Waals surface area contributed by atoms with Gasteiger partial charge in [0, 0.05) is 37.1 Å². The molecule has 3 heterocycles. The Morgan fingerprint density at radius 1 is 0.950 bits per heavy atom. The van der Waals surface area contributed by atoms with Gasteiger partial charge in [-0.25, -0.2) is 8.42 Å². The Morgan fingerprint density at radius 2 is 1.68 bits per heavy atom. The van der Waals surface area contributed by atoms with Crippen molar-refractivity contribution in [3.05, 3.63) is 77.4 Å². The van der Waals surface area contributed by atoms with Gasteiger partial charge >= 0.3 is 0 Å². The van der Waals surface area contributed by atoms with E-state index in [4.69, 9.17) is 14.2 Å². The maximum atomic E-state index is 13.3. The summed E-state index contributed by atoms with van der Waals surface area (Å²) in [6, 6.07) is 19.2. The summed E-state index contributed by atoms with van der Waals surface area (Å²) in [5.74, 6) is 0.903. The molecule has 208 valence electrons. The van der Waals surface area contributed by atoms with Crippen LogP contribution in [0.1, 0.15) is 30.4 Å². The van der Waals surface area contributed by atoms with Crippen LogP contribution < -0.4 is 14.8 Å². The molecule has 0 radical (unpaired) electrons. The average molecular weight is 561 g/mol. The molecule has 0 bridgehead atoms. The molecule has 1 fully saturated rings. The van der Waals surface area contributed by atoms with Crippen molar-refractivity contribution < 1.29 is 27.4 Å². The number of fused-ring (bicyclic) bond motifs is 2. The minimum atomic E-state index is -3.54. The second-order valence-corrected chi connectivity index (χ2v) is 12.5. The second-order valence-electron chi connectivity index (χ2n) is 10.5. The van der Waals surface area contributed by atoms with Crippen molar-refractivity contribution in [1.29, 1.82) is 0 Å². The lowest BCUT2D eigenvalue weighted by molar-refractivity contribution is -0.112. The summed E-state index contributed by atoms with van der Waals surface area (Å²) >= 11 is 0. The first kappa shape index (κ1) is 26.6. The van der Waals surface area contributed by atoms with E-state index in [1.807, 2.05) is 48.5 Å². The molecule has 3 aliphatic heterocycles. The summed E-state index contributed by atoms with van der Waals surface area (Å²) < 4.78 is 42.5. The molecule has 3 aliphatic rings. The number of anilines is 1. The fourth-order valence-corrected chi connectivity index (χ4v) is 6.90. The molecule has 40 heavy (non-hydrogen) atoms. The number of rotatable bonds is 6. The number of hydrogen-bond donors (Lipinski definition) is 1. The van der Waals surface area contributed by atoms with E-state index in [0.29, 0.717) is 34.4 Å². The first-order valence-corrected chi connectivity index (χ1v) is 15.2. The van der Waals surface area contributed by atoms with Crippen LogP contribution in [0.25, 0.3) is 17.2 Å². The van der Waals surface area contributed by atoms with E-state index in [1.54, 1.807) is 18.2 Å². The normalized spacial score (nSPS) is 18.1. The lowest BCUT2D eigenvalue weighted by atomic mass is 10.0. The average Bonchev–Trinajstić information content (AvgIpc) is 3.39. The number of ether oxygens (including phenoxy) is 3. The van der Waals surface area contributed by atoms with Crippen LogP contribution >= 0.6 is 0 Å². The molecule has 0 aromatic heterocycles. The molecule has 1 amide bonds. The highest BCUT2D eigenvalue weighted by Crippen LogP contribution is 2.37. The predicted octanol–water partition coefficient (Wildman–Crippen LogP) is 4.89. The molecule has 3 aromatic carbocycles. The summed E-state index contributed by atoms with van der Waals surface area (Å²) in [4.78, 5) is 15.9. The summed E-state index contributed by atoms with van der Waals surface area (Å²) in [7, 11) is -1.41. The number of nitrogens with one attached hydrogen (secondary N) is 1. The quantitative estimate of drug-likeness (QED) is 0.459. The van der Waals surface area contributed by atoms with Gasteiger partial charge in [0.1, 0.15) is 0 Å². The molecule has 0 atom stereocenters. The molecule has 6 rings (SSSR count). The first-order valence-electron chi connectivity index (χ1n) is 13.5. The predicted molar refractivity (Wildman–Crippen MR) is 153 cm³/mol. The lowest BCUT2D eigenvalue weighted by Crippen LogP contribution is -2.36. The van der Waals surface area contributed by atoms with Crippen LogP contribution in [0.2, 0.25) is 0 Å². The van der Waals surface area contributed by atoms with E-state index in [2.05, 4.69) is 17.3 Å². The van der Waals surface area contributed by atoms with E-state index in [-0.39, 0.29) is 29.8 Å². The van der Waals surface area contributed by atoms with Gasteiger partial charge in [0.25, 0.3) is 5.91 Å². The van der Waals surface area contributed by atoms with E-state index in [1.165, 1.54) is 0 Å². The van der Waals surface area contributed by atoms with Gasteiger partial charge in [-0.1, -0.05) is 24.3 Å². The Kier molecular flexibility index (Phi) is 7.35. The molecule has 9 heteroatoms. The molecule has 8 nitrogen and oxygen atoms in total. The Hall–Kier alpha value is -3.66. The zero-order chi connectivity index (χ0) is 27.7. The van der Waals surface area contributed by atoms with E-state index < -0.39 is 9.84 Å². The van der Waals surface area contributed by atoms with Crippen molar-refractivity contribution in [2.45, 2.75) is 36.7 Å². The smallest absolute Gasteiger partial charge is 0.251 e. The highest BCUT2D eigenvalue weighted by atomic mass is 32.2. The van der Waals surface area contributed by atoms with Crippen LogP contribution in [0, 0.1) is 0 Å². The van der Waals surface area contributed by atoms with Gasteiger partial charge in [-0.2, -0.15) is 0 Å². The zero-order valence-electron chi connectivity index (χ0n) is 22.4. The van der Waals surface area contributed by atoms with Crippen molar-refractivity contribution in [1.82, 2.24) is 4.90 Å². The van der Waals surface area contributed by atoms with E-state index in [0.717, 1.165) is 49.3 Å². The van der Waals surface area contributed by atoms with Crippen LogP contribution in [-0.4, -0.2) is 58.1 Å². The highest BCUT2D eigenvalue weighted by molar-refractivity contribution is 7.91. The third-order valence-electron chi connectivity index (χ3n) is 7.77. The summed E-state index contributed by atoms with van der Waals surface area (Å²) in [6.07, 6.45) is 3.91. The second kappa shape index (κ2) is 11.1. The molecule has 0 aliphatic carbocycles. The monoisotopic (exact) mass is 560 g/mol. The molecule has 3 aromatic rings. The van der Waals surface area contributed by atoms with Gasteiger partial charge in [0.05, 0.1) is 10.6 Å². The topological polar surface area (TPSA) is 94.2 Å². The number of hydrogen-bond acceptors (Lipinski definition) is 7. The van der Waals surface area contributed by atoms with Gasteiger partial charge in [-0.15, -0.1) is 0 Å². The summed E-state index contributed by atoms with van der Waals surface area (Å²) in [5, 5.41) is 2.95. The SMILES string of the molecule is CN(Cc1ccc(NC(=O)C2=Cc3cc(-c4ccc5c(c4)OCO5)ccc3S(=O)(=O)CC2)cc1)C1CCOCC1. The van der Waals surface area contributed by atoms with Gasteiger partial charge in [-0.05, 0) is 91.0 Å². The third-order valence-corrected chi connectivity index (χ3v) is 9.55. The van der Waals surface area contributed by atoms with Crippen molar-refractivity contribution >= 4 is 27.5 Å². The standard InChI is InChI=1S/C31H32N2O6S/c1-33(27-10-13-37-14-11-27)19-21-2-6-26(7-3-21)32-31(34)24-12-15-40(35,36)30-9-5-22(16-25(30)17-24)23-4-8-28-29(18-23)39-20-38-28/h2-9,16-18,27H,10-15,19-20H2,1H3,(H,32,34). The Morgan fingerprint density at radius 3 is 2.48 bits per heavy atom. The van der Waals surface area contributed by atoms with Gasteiger partial charge in [0.15, 0.2) is 21.3 Å². The number of sulfone groups is 1. The number of carbonyl (C=O) groups is 1. The molecule has 0 saturated carbocycles. The van der Waals surface area contributed by atoms with Crippen molar-refractivity contribution in [3.8, 4) is 22.6 Å². The van der Waals surface area contributed by atoms with Gasteiger partial charge < -0.3 is 19.5 Å². The van der Waals surface area contributed by atoms with Crippen LogP contribution in [0.5, 0.6) is 11.5 Å². The van der Waals surface area contributed by atoms with Crippen molar-refractivity contribution in [2.75, 3.05) is 38.1 Å². The zero-order valence-corrected chi connectivity index (χ0v) is 23.2. The lowest BCUT2D eigenvalue weighted by Gasteiger charge is -2.31. The molecule has 1 saturated heterocycles. The maximum Gasteiger partial charge on any atom is 0.251 e. The number of carbonyl (C=O) groups excluding carboxylic acids is 1. The Bertz CT molecular complexity index is 1560. The minimum absolute atomic E-state index is 0.125. The Labute approximate surface area is 234 Å². The van der Waals surface area contributed by atoms with E-state index in [9.17, 15) is 13.2 Å². The minimum Gasteiger partial charge on any atom is -0.454 e. The first-order chi connectivity index (χ1) is 19.4. The van der Waals surface area contributed by atoms with Crippen molar-refractivity contribution in [2.24, 2.45) is 0 Å². The van der Waals surface area contributed by atoms with E-state index >= 15 is 0 Å². The maximum absolute atomic E-state index is 13.3. The van der Waals surface area contributed by atoms with Crippen molar-refractivity contribution in [3.63, 3.8) is 0 Å². The van der Waals surface area contributed by atoms with Gasteiger partial charge in [-0.3, -0.25) is 9.69 Å². The summed E-state index contributed by atoms with van der Waals surface area (Å²) in [6.45, 7) is 2.62. The van der Waals surface area contributed by atoms with Crippen LogP contribution in [0.4, 0.5) is 5.69 Å². The van der Waals surface area contributed by atoms with Crippen LogP contribution in [0.3, 0.4) is 0 Å². The fourth-order valence-electron chi connectivity index (χ4n) is 5.44. The molecular formula is C31H32N2O6S. The molecule has 0 unspecified atom stereocenters.